The van der Waals surface area contributed by atoms with Crippen LogP contribution in [-0.4, -0.2) is 63.5 Å². The number of aromatic amines is 1. The Morgan fingerprint density at radius 2 is 1.64 bits per heavy atom. The van der Waals surface area contributed by atoms with Crippen LogP contribution in [0.1, 0.15) is 29.5 Å². The highest BCUT2D eigenvalue weighted by atomic mass is 79.9. The fourth-order valence-corrected chi connectivity index (χ4v) is 4.39. The summed E-state index contributed by atoms with van der Waals surface area (Å²) in [6.45, 7) is 0.763. The first-order valence-corrected chi connectivity index (χ1v) is 13.7. The first kappa shape index (κ1) is 35.4. The van der Waals surface area contributed by atoms with Gasteiger partial charge in [-0.1, -0.05) is 40.2 Å². The van der Waals surface area contributed by atoms with E-state index in [1.807, 2.05) is 42.5 Å². The van der Waals surface area contributed by atoms with Crippen molar-refractivity contribution < 1.29 is 37.5 Å². The molecule has 13 nitrogen and oxygen atoms in total. The summed E-state index contributed by atoms with van der Waals surface area (Å²) < 4.78 is 32.6. The smallest absolute Gasteiger partial charge is 0.475 e. The number of carboxylic acid groups (broad SMARTS) is 1. The largest absolute Gasteiger partial charge is 0.490 e. The molecule has 238 valence electrons. The number of nitrogens with two attached hydrogens (primary N) is 4. The summed E-state index contributed by atoms with van der Waals surface area (Å²) in [5.74, 6) is -3.65. The van der Waals surface area contributed by atoms with E-state index < -0.39 is 30.1 Å². The summed E-state index contributed by atoms with van der Waals surface area (Å²) in [7, 11) is 0. The number of rotatable bonds is 12. The maximum atomic E-state index is 13.6. The van der Waals surface area contributed by atoms with Crippen molar-refractivity contribution in [2.45, 2.75) is 44.6 Å². The predicted molar refractivity (Wildman–Crippen MR) is 160 cm³/mol. The zero-order chi connectivity index (χ0) is 33.0. The number of fused-ring (bicyclic) bond motifs is 1. The minimum Gasteiger partial charge on any atom is -0.475 e. The number of carbonyl (C=O) groups excluding carboxylic acids is 3. The molecule has 17 heteroatoms. The number of hydrogen-bond donors (Lipinski definition) is 7. The van der Waals surface area contributed by atoms with Crippen LogP contribution in [0.5, 0.6) is 0 Å². The zero-order valence-corrected chi connectivity index (χ0v) is 24.8. The second-order valence-corrected chi connectivity index (χ2v) is 10.3. The average molecular weight is 686 g/mol. The third-order valence-electron chi connectivity index (χ3n) is 6.11. The molecule has 0 aliphatic carbocycles. The summed E-state index contributed by atoms with van der Waals surface area (Å²) in [6, 6.07) is 11.6. The number of aromatic nitrogens is 1. The first-order valence-electron chi connectivity index (χ1n) is 12.9. The van der Waals surface area contributed by atoms with E-state index in [4.69, 9.17) is 32.8 Å². The Labute approximate surface area is 257 Å². The maximum absolute atomic E-state index is 13.6. The molecule has 1 atom stereocenters. The number of primary amides is 2. The number of nitrogens with zero attached hydrogens (tertiary/aromatic N) is 2. The number of H-pyrrole nitrogens is 1. The number of amides is 4. The van der Waals surface area contributed by atoms with Gasteiger partial charge in [-0.2, -0.15) is 13.2 Å². The highest BCUT2D eigenvalue weighted by Gasteiger charge is 2.38. The number of guanidine groups is 1. The van der Waals surface area contributed by atoms with Crippen molar-refractivity contribution in [1.82, 2.24) is 15.2 Å². The third-order valence-corrected chi connectivity index (χ3v) is 6.60. The van der Waals surface area contributed by atoms with Gasteiger partial charge in [0, 0.05) is 41.2 Å². The molecule has 0 spiro atoms. The highest BCUT2D eigenvalue weighted by molar-refractivity contribution is 9.10. The molecule has 3 aromatic rings. The molecule has 0 radical (unpaired) electrons. The van der Waals surface area contributed by atoms with Crippen molar-refractivity contribution >= 4 is 56.6 Å². The van der Waals surface area contributed by atoms with Crippen LogP contribution >= 0.6 is 15.9 Å². The van der Waals surface area contributed by atoms with Gasteiger partial charge < -0.3 is 43.2 Å². The summed E-state index contributed by atoms with van der Waals surface area (Å²) in [5, 5.41) is 10.6. The molecule has 1 heterocycles. The lowest BCUT2D eigenvalue weighted by atomic mass is 10.0. The fraction of sp³-hybridized carbons (Fsp3) is 0.296. The van der Waals surface area contributed by atoms with Crippen LogP contribution in [-0.2, 0) is 33.9 Å². The van der Waals surface area contributed by atoms with Gasteiger partial charge in [-0.05, 0) is 47.7 Å². The zero-order valence-electron chi connectivity index (χ0n) is 23.2. The molecule has 1 aromatic heterocycles. The SMILES string of the molecule is NC(=O)NCc1ccc(CN(C(=O)Cc2c[nH]c3ccc(Br)cc23)[C@H](CCCN=C(N)N)C(N)=O)cc1.O=C(O)C(F)(F)F. The molecule has 0 aliphatic heterocycles. The average Bonchev–Trinajstić information content (AvgIpc) is 3.32. The molecule has 0 saturated carbocycles. The van der Waals surface area contributed by atoms with E-state index in [0.29, 0.717) is 19.4 Å². The standard InChI is InChI=1S/C25H31BrN8O3.C2HF3O2/c26-18-7-8-20-19(11-18)17(13-32-20)10-22(35)34(21(23(27)36)2-1-9-31-24(28)29)14-16-5-3-15(4-6-16)12-33-25(30)37;3-2(4,5)1(6)7/h3-8,11,13,21,32H,1-2,9-10,12,14H2,(H2,27,36)(H4,28,29,31)(H3,30,33,37);(H,6,7)/t21-;/m1./s1. The van der Waals surface area contributed by atoms with Gasteiger partial charge in [0.1, 0.15) is 6.04 Å². The van der Waals surface area contributed by atoms with Gasteiger partial charge in [-0.15, -0.1) is 0 Å². The number of nitrogens with one attached hydrogen (secondary N) is 2. The van der Waals surface area contributed by atoms with Gasteiger partial charge in [0.15, 0.2) is 5.96 Å². The van der Waals surface area contributed by atoms with Crippen molar-refractivity contribution in [2.24, 2.45) is 27.9 Å². The number of alkyl halides is 3. The number of benzene rings is 2. The Hall–Kier alpha value is -4.80. The monoisotopic (exact) mass is 684 g/mol. The van der Waals surface area contributed by atoms with Crippen LogP contribution < -0.4 is 28.3 Å². The van der Waals surface area contributed by atoms with E-state index in [2.05, 4.69) is 31.2 Å². The molecule has 2 aromatic carbocycles. The molecular formula is C27H32BrF3N8O5. The van der Waals surface area contributed by atoms with Crippen molar-refractivity contribution in [3.8, 4) is 0 Å². The van der Waals surface area contributed by atoms with Gasteiger partial charge in [0.25, 0.3) is 0 Å². The summed E-state index contributed by atoms with van der Waals surface area (Å²) >= 11 is 3.47. The Morgan fingerprint density at radius 3 is 2.18 bits per heavy atom. The Balaban J connectivity index is 0.000000860. The summed E-state index contributed by atoms with van der Waals surface area (Å²) in [5.41, 5.74) is 25.0. The normalized spacial score (nSPS) is 11.5. The van der Waals surface area contributed by atoms with Crippen LogP contribution in [0.2, 0.25) is 0 Å². The van der Waals surface area contributed by atoms with Gasteiger partial charge in [0.05, 0.1) is 6.42 Å². The lowest BCUT2D eigenvalue weighted by Gasteiger charge is -2.30. The summed E-state index contributed by atoms with van der Waals surface area (Å²) in [4.78, 5) is 54.7. The molecule has 0 bridgehead atoms. The molecule has 11 N–H and O–H groups in total. The van der Waals surface area contributed by atoms with Gasteiger partial charge in [-0.3, -0.25) is 14.6 Å². The molecule has 0 aliphatic rings. The van der Waals surface area contributed by atoms with Crippen molar-refractivity contribution in [3.05, 3.63) is 69.8 Å². The second-order valence-electron chi connectivity index (χ2n) is 9.41. The van der Waals surface area contributed by atoms with Crippen LogP contribution in [0.4, 0.5) is 18.0 Å². The van der Waals surface area contributed by atoms with E-state index in [9.17, 15) is 27.6 Å². The third kappa shape index (κ3) is 11.5. The molecule has 44 heavy (non-hydrogen) atoms. The van der Waals surface area contributed by atoms with Gasteiger partial charge >= 0.3 is 18.2 Å². The van der Waals surface area contributed by atoms with Crippen molar-refractivity contribution in [2.75, 3.05) is 6.54 Å². The summed E-state index contributed by atoms with van der Waals surface area (Å²) in [6.07, 6.45) is -2.44. The van der Waals surface area contributed by atoms with Crippen LogP contribution in [0.25, 0.3) is 10.9 Å². The quantitative estimate of drug-likeness (QED) is 0.0852. The maximum Gasteiger partial charge on any atom is 0.490 e. The highest BCUT2D eigenvalue weighted by Crippen LogP contribution is 2.24. The molecule has 0 fully saturated rings. The minimum absolute atomic E-state index is 0.0417. The molecule has 0 saturated heterocycles. The van der Waals surface area contributed by atoms with E-state index in [-0.39, 0.29) is 31.4 Å². The fourth-order valence-electron chi connectivity index (χ4n) is 4.03. The Bertz CT molecular complexity index is 1490. The number of carboxylic acids is 1. The van der Waals surface area contributed by atoms with Crippen LogP contribution in [0.3, 0.4) is 0 Å². The van der Waals surface area contributed by atoms with E-state index in [0.717, 1.165) is 32.1 Å². The second kappa shape index (κ2) is 16.2. The van der Waals surface area contributed by atoms with Gasteiger partial charge in [0.2, 0.25) is 11.8 Å². The first-order chi connectivity index (χ1) is 20.6. The number of aliphatic imine (C=N–C) groups is 1. The number of aliphatic carboxylic acids is 1. The number of halogens is 4. The van der Waals surface area contributed by atoms with Gasteiger partial charge in [-0.25, -0.2) is 9.59 Å². The molecule has 4 amide bonds. The predicted octanol–water partition coefficient (Wildman–Crippen LogP) is 2.21. The molecule has 0 unspecified atom stereocenters. The number of urea groups is 1. The minimum atomic E-state index is -5.08. The van der Waals surface area contributed by atoms with E-state index >= 15 is 0 Å². The molecule has 3 rings (SSSR count). The number of hydrogen-bond acceptors (Lipinski definition) is 5. The van der Waals surface area contributed by atoms with Crippen molar-refractivity contribution in [1.29, 1.82) is 0 Å². The Kier molecular flexibility index (Phi) is 13.0. The number of carbonyl (C=O) groups is 4. The van der Waals surface area contributed by atoms with Crippen LogP contribution in [0.15, 0.2) is 58.1 Å². The lowest BCUT2D eigenvalue weighted by Crippen LogP contribution is -2.48. The topological polar surface area (TPSA) is 236 Å². The van der Waals surface area contributed by atoms with Crippen LogP contribution in [0, 0.1) is 0 Å². The lowest BCUT2D eigenvalue weighted by molar-refractivity contribution is -0.192. The Morgan fingerprint density at radius 1 is 1.02 bits per heavy atom. The van der Waals surface area contributed by atoms with E-state index in [1.165, 1.54) is 4.90 Å². The molecular weight excluding hydrogens is 653 g/mol. The van der Waals surface area contributed by atoms with E-state index in [1.54, 1.807) is 6.20 Å². The van der Waals surface area contributed by atoms with Crippen molar-refractivity contribution in [3.63, 3.8) is 0 Å².